The minimum atomic E-state index is -1.06. The van der Waals surface area contributed by atoms with Crippen molar-refractivity contribution < 1.29 is 14.7 Å². The third-order valence-electron chi connectivity index (χ3n) is 2.77. The second-order valence-electron chi connectivity index (χ2n) is 4.18. The van der Waals surface area contributed by atoms with Crippen LogP contribution in [0.1, 0.15) is 26.3 Å². The number of para-hydroxylation sites is 1. The molecule has 2 aromatic carbocycles. The average molecular weight is 283 g/mol. The number of carbonyl (C=O) groups excluding carboxylic acids is 1. The Balaban J connectivity index is 2.12. The summed E-state index contributed by atoms with van der Waals surface area (Å²) >= 11 is 0. The Bertz CT molecular complexity index is 711. The molecule has 0 bridgehead atoms. The summed E-state index contributed by atoms with van der Waals surface area (Å²) in [5.74, 6) is -1.52. The number of benzene rings is 2. The number of anilines is 1. The monoisotopic (exact) mass is 283 g/mol. The van der Waals surface area contributed by atoms with Gasteiger partial charge in [-0.05, 0) is 18.2 Å². The number of amides is 1. The van der Waals surface area contributed by atoms with Gasteiger partial charge in [-0.25, -0.2) is 10.2 Å². The third-order valence-corrected chi connectivity index (χ3v) is 2.77. The smallest absolute Gasteiger partial charge is 0.336 e. The van der Waals surface area contributed by atoms with Gasteiger partial charge in [0.2, 0.25) is 0 Å². The zero-order chi connectivity index (χ0) is 15.2. The van der Waals surface area contributed by atoms with Crippen molar-refractivity contribution in [2.24, 2.45) is 5.10 Å². The highest BCUT2D eigenvalue weighted by atomic mass is 16.4. The number of hydrogen-bond donors (Lipinski definition) is 3. The first kappa shape index (κ1) is 14.3. The van der Waals surface area contributed by atoms with Gasteiger partial charge in [0.25, 0.3) is 5.91 Å². The Kier molecular flexibility index (Phi) is 4.30. The highest BCUT2D eigenvalue weighted by Gasteiger charge is 2.08. The van der Waals surface area contributed by atoms with E-state index in [1.807, 2.05) is 0 Å². The van der Waals surface area contributed by atoms with Gasteiger partial charge in [0, 0.05) is 11.3 Å². The lowest BCUT2D eigenvalue weighted by Gasteiger charge is -2.03. The van der Waals surface area contributed by atoms with Gasteiger partial charge in [-0.1, -0.05) is 30.3 Å². The number of rotatable bonds is 4. The van der Waals surface area contributed by atoms with Crippen molar-refractivity contribution >= 4 is 23.8 Å². The van der Waals surface area contributed by atoms with Crippen LogP contribution in [0.15, 0.2) is 53.6 Å². The molecule has 1 amide bonds. The van der Waals surface area contributed by atoms with Crippen LogP contribution in [0.4, 0.5) is 5.69 Å². The summed E-state index contributed by atoms with van der Waals surface area (Å²) in [7, 11) is 0. The molecule has 0 unspecified atom stereocenters. The predicted octanol–water partition coefficient (Wildman–Crippen LogP) is 1.73. The van der Waals surface area contributed by atoms with Gasteiger partial charge in [0.1, 0.15) is 0 Å². The molecule has 0 radical (unpaired) electrons. The first-order chi connectivity index (χ1) is 10.1. The van der Waals surface area contributed by atoms with Crippen molar-refractivity contribution in [3.63, 3.8) is 0 Å². The van der Waals surface area contributed by atoms with E-state index in [4.69, 9.17) is 10.8 Å². The quantitative estimate of drug-likeness (QED) is 0.451. The van der Waals surface area contributed by atoms with E-state index in [1.54, 1.807) is 42.5 Å². The maximum Gasteiger partial charge on any atom is 0.336 e. The zero-order valence-electron chi connectivity index (χ0n) is 11.0. The molecule has 0 aliphatic heterocycles. The molecule has 0 spiro atoms. The molecule has 6 nitrogen and oxygen atoms in total. The van der Waals surface area contributed by atoms with Crippen LogP contribution >= 0.6 is 0 Å². The second kappa shape index (κ2) is 6.33. The normalized spacial score (nSPS) is 10.5. The Labute approximate surface area is 120 Å². The highest BCUT2D eigenvalue weighted by Crippen LogP contribution is 2.10. The maximum atomic E-state index is 11.9. The van der Waals surface area contributed by atoms with Crippen molar-refractivity contribution in [2.75, 3.05) is 5.73 Å². The molecule has 0 aliphatic rings. The fourth-order valence-electron chi connectivity index (χ4n) is 1.73. The largest absolute Gasteiger partial charge is 0.478 e. The standard InChI is InChI=1S/C15H13N3O3/c16-13-8-4-3-7-12(13)14(19)18-17-9-10-5-1-2-6-11(10)15(20)21/h1-9H,16H2,(H,18,19)(H,20,21)/b17-9+. The molecule has 0 fully saturated rings. The molecular formula is C15H13N3O3. The average Bonchev–Trinajstić information content (AvgIpc) is 2.48. The van der Waals surface area contributed by atoms with Crippen molar-refractivity contribution in [2.45, 2.75) is 0 Å². The van der Waals surface area contributed by atoms with Crippen molar-refractivity contribution in [1.29, 1.82) is 0 Å². The summed E-state index contributed by atoms with van der Waals surface area (Å²) in [4.78, 5) is 22.9. The van der Waals surface area contributed by atoms with Crippen LogP contribution in [0.25, 0.3) is 0 Å². The Hall–Kier alpha value is -3.15. The number of carboxylic acid groups (broad SMARTS) is 1. The van der Waals surface area contributed by atoms with Crippen molar-refractivity contribution in [1.82, 2.24) is 5.43 Å². The molecular weight excluding hydrogens is 270 g/mol. The van der Waals surface area contributed by atoms with E-state index in [2.05, 4.69) is 10.5 Å². The lowest BCUT2D eigenvalue weighted by atomic mass is 10.1. The molecule has 2 aromatic rings. The van der Waals surface area contributed by atoms with E-state index < -0.39 is 11.9 Å². The Morgan fingerprint density at radius 1 is 1.05 bits per heavy atom. The molecule has 4 N–H and O–H groups in total. The first-order valence-corrected chi connectivity index (χ1v) is 6.10. The molecule has 6 heteroatoms. The SMILES string of the molecule is Nc1ccccc1C(=O)N/N=C/c1ccccc1C(=O)O. The van der Waals surface area contributed by atoms with Gasteiger partial charge in [-0.15, -0.1) is 0 Å². The van der Waals surface area contributed by atoms with E-state index in [0.717, 1.165) is 0 Å². The Morgan fingerprint density at radius 3 is 2.33 bits per heavy atom. The number of carboxylic acids is 1. The predicted molar refractivity (Wildman–Crippen MR) is 79.3 cm³/mol. The van der Waals surface area contributed by atoms with E-state index >= 15 is 0 Å². The van der Waals surface area contributed by atoms with Crippen LogP contribution < -0.4 is 11.2 Å². The Morgan fingerprint density at radius 2 is 1.67 bits per heavy atom. The fraction of sp³-hybridized carbons (Fsp3) is 0. The van der Waals surface area contributed by atoms with Gasteiger partial charge in [0.05, 0.1) is 17.3 Å². The minimum Gasteiger partial charge on any atom is -0.478 e. The van der Waals surface area contributed by atoms with E-state index in [1.165, 1.54) is 12.3 Å². The third kappa shape index (κ3) is 3.44. The summed E-state index contributed by atoms with van der Waals surface area (Å²) in [6.45, 7) is 0. The van der Waals surface area contributed by atoms with Crippen molar-refractivity contribution in [3.8, 4) is 0 Å². The topological polar surface area (TPSA) is 105 Å². The minimum absolute atomic E-state index is 0.106. The molecule has 2 rings (SSSR count). The lowest BCUT2D eigenvalue weighted by Crippen LogP contribution is -2.19. The number of hydrogen-bond acceptors (Lipinski definition) is 4. The van der Waals surface area contributed by atoms with Crippen LogP contribution in [0.3, 0.4) is 0 Å². The summed E-state index contributed by atoms with van der Waals surface area (Å²) < 4.78 is 0. The van der Waals surface area contributed by atoms with Gasteiger partial charge in [0.15, 0.2) is 0 Å². The molecule has 0 aromatic heterocycles. The highest BCUT2D eigenvalue weighted by molar-refractivity contribution is 6.01. The fourth-order valence-corrected chi connectivity index (χ4v) is 1.73. The molecule has 0 saturated heterocycles. The van der Waals surface area contributed by atoms with Gasteiger partial charge < -0.3 is 10.8 Å². The summed E-state index contributed by atoms with van der Waals surface area (Å²) in [5, 5.41) is 12.8. The number of nitrogen functional groups attached to an aromatic ring is 1. The van der Waals surface area contributed by atoms with Crippen LogP contribution in [0.5, 0.6) is 0 Å². The summed E-state index contributed by atoms with van der Waals surface area (Å²) in [6.07, 6.45) is 1.28. The summed E-state index contributed by atoms with van der Waals surface area (Å²) in [5.41, 5.74) is 9.14. The lowest BCUT2D eigenvalue weighted by molar-refractivity contribution is 0.0696. The van der Waals surface area contributed by atoms with Gasteiger partial charge in [-0.3, -0.25) is 4.79 Å². The van der Waals surface area contributed by atoms with E-state index in [9.17, 15) is 9.59 Å². The van der Waals surface area contributed by atoms with Crippen LogP contribution in [0.2, 0.25) is 0 Å². The maximum absolute atomic E-state index is 11.9. The number of carbonyl (C=O) groups is 2. The number of hydrazone groups is 1. The summed E-state index contributed by atoms with van der Waals surface area (Å²) in [6, 6.07) is 12.9. The molecule has 21 heavy (non-hydrogen) atoms. The van der Waals surface area contributed by atoms with E-state index in [0.29, 0.717) is 16.8 Å². The van der Waals surface area contributed by atoms with Crippen LogP contribution in [-0.2, 0) is 0 Å². The molecule has 106 valence electrons. The first-order valence-electron chi connectivity index (χ1n) is 6.10. The van der Waals surface area contributed by atoms with Crippen molar-refractivity contribution in [3.05, 3.63) is 65.2 Å². The molecule has 0 heterocycles. The number of aromatic carboxylic acids is 1. The van der Waals surface area contributed by atoms with Gasteiger partial charge in [-0.2, -0.15) is 5.10 Å². The molecule has 0 aliphatic carbocycles. The van der Waals surface area contributed by atoms with Crippen LogP contribution in [0, 0.1) is 0 Å². The second-order valence-corrected chi connectivity index (χ2v) is 4.18. The van der Waals surface area contributed by atoms with Crippen LogP contribution in [-0.4, -0.2) is 23.2 Å². The van der Waals surface area contributed by atoms with Gasteiger partial charge >= 0.3 is 5.97 Å². The molecule has 0 atom stereocenters. The number of nitrogens with zero attached hydrogens (tertiary/aromatic N) is 1. The number of nitrogens with one attached hydrogen (secondary N) is 1. The molecule has 0 saturated carbocycles. The zero-order valence-corrected chi connectivity index (χ0v) is 11.0. The number of nitrogens with two attached hydrogens (primary N) is 1. The van der Waals surface area contributed by atoms with E-state index in [-0.39, 0.29) is 5.56 Å².